The van der Waals surface area contributed by atoms with Crippen molar-refractivity contribution in [2.24, 2.45) is 5.92 Å². The molecule has 0 heterocycles. The number of nitrogens with one attached hydrogen (secondary N) is 1. The van der Waals surface area contributed by atoms with Gasteiger partial charge in [-0.05, 0) is 45.1 Å². The number of hydrogen-bond acceptors (Lipinski definition) is 2. The fraction of sp³-hybridized carbons (Fsp3) is 1.00. The highest BCUT2D eigenvalue weighted by molar-refractivity contribution is 4.85. The van der Waals surface area contributed by atoms with Crippen molar-refractivity contribution in [2.45, 2.75) is 45.1 Å². The van der Waals surface area contributed by atoms with Gasteiger partial charge in [-0.25, -0.2) is 0 Å². The Bertz CT molecular complexity index is 134. The predicted molar refractivity (Wildman–Crippen MR) is 51.1 cm³/mol. The molecule has 72 valence electrons. The van der Waals surface area contributed by atoms with E-state index in [4.69, 9.17) is 5.11 Å². The molecule has 0 aromatic carbocycles. The van der Waals surface area contributed by atoms with E-state index in [2.05, 4.69) is 19.2 Å². The monoisotopic (exact) mass is 171 g/mol. The van der Waals surface area contributed by atoms with Crippen LogP contribution in [-0.4, -0.2) is 23.8 Å². The standard InChI is InChI=1S/C10H21NO/c1-3-10(2,6-7-12)11-8-9-4-5-9/h9,11-12H,3-8H2,1-2H3. The first kappa shape index (κ1) is 10.0. The van der Waals surface area contributed by atoms with Crippen molar-refractivity contribution in [3.8, 4) is 0 Å². The van der Waals surface area contributed by atoms with Crippen molar-refractivity contribution in [1.82, 2.24) is 5.32 Å². The summed E-state index contributed by atoms with van der Waals surface area (Å²) in [4.78, 5) is 0. The molecule has 0 bridgehead atoms. The summed E-state index contributed by atoms with van der Waals surface area (Å²) in [6, 6.07) is 0. The molecular weight excluding hydrogens is 150 g/mol. The molecule has 1 fully saturated rings. The smallest absolute Gasteiger partial charge is 0.0448 e. The Morgan fingerprint density at radius 3 is 2.58 bits per heavy atom. The Balaban J connectivity index is 2.20. The zero-order valence-electron chi connectivity index (χ0n) is 8.27. The highest BCUT2D eigenvalue weighted by atomic mass is 16.3. The highest BCUT2D eigenvalue weighted by Crippen LogP contribution is 2.28. The Morgan fingerprint density at radius 1 is 1.50 bits per heavy atom. The van der Waals surface area contributed by atoms with Crippen LogP contribution in [-0.2, 0) is 0 Å². The molecule has 1 aliphatic rings. The summed E-state index contributed by atoms with van der Waals surface area (Å²) >= 11 is 0. The molecule has 1 aliphatic carbocycles. The quantitative estimate of drug-likeness (QED) is 0.635. The van der Waals surface area contributed by atoms with Crippen molar-refractivity contribution in [3.63, 3.8) is 0 Å². The van der Waals surface area contributed by atoms with E-state index < -0.39 is 0 Å². The van der Waals surface area contributed by atoms with Gasteiger partial charge >= 0.3 is 0 Å². The van der Waals surface area contributed by atoms with Crippen molar-refractivity contribution < 1.29 is 5.11 Å². The maximum absolute atomic E-state index is 8.87. The largest absolute Gasteiger partial charge is 0.396 e. The van der Waals surface area contributed by atoms with Gasteiger partial charge in [-0.3, -0.25) is 0 Å². The summed E-state index contributed by atoms with van der Waals surface area (Å²) in [6.45, 7) is 5.81. The Hall–Kier alpha value is -0.0800. The molecule has 0 amide bonds. The van der Waals surface area contributed by atoms with Crippen molar-refractivity contribution >= 4 is 0 Å². The lowest BCUT2D eigenvalue weighted by Crippen LogP contribution is -2.43. The maximum Gasteiger partial charge on any atom is 0.0448 e. The van der Waals surface area contributed by atoms with Gasteiger partial charge in [0.15, 0.2) is 0 Å². The summed E-state index contributed by atoms with van der Waals surface area (Å²) in [6.07, 6.45) is 4.76. The van der Waals surface area contributed by atoms with E-state index in [1.165, 1.54) is 12.8 Å². The second-order valence-corrected chi connectivity index (χ2v) is 4.21. The van der Waals surface area contributed by atoms with Gasteiger partial charge in [0.25, 0.3) is 0 Å². The van der Waals surface area contributed by atoms with E-state index >= 15 is 0 Å². The van der Waals surface area contributed by atoms with Gasteiger partial charge in [0.1, 0.15) is 0 Å². The Labute approximate surface area is 75.4 Å². The first-order valence-electron chi connectivity index (χ1n) is 5.06. The molecular formula is C10H21NO. The molecule has 1 rings (SSSR count). The van der Waals surface area contributed by atoms with Crippen LogP contribution in [0.15, 0.2) is 0 Å². The topological polar surface area (TPSA) is 32.3 Å². The van der Waals surface area contributed by atoms with Crippen molar-refractivity contribution in [1.29, 1.82) is 0 Å². The molecule has 12 heavy (non-hydrogen) atoms. The van der Waals surface area contributed by atoms with Crippen molar-refractivity contribution in [2.75, 3.05) is 13.2 Å². The molecule has 0 saturated heterocycles. The zero-order chi connectivity index (χ0) is 9.03. The second-order valence-electron chi connectivity index (χ2n) is 4.21. The minimum absolute atomic E-state index is 0.164. The molecule has 0 aromatic heterocycles. The summed E-state index contributed by atoms with van der Waals surface area (Å²) in [5, 5.41) is 12.4. The van der Waals surface area contributed by atoms with Gasteiger partial charge < -0.3 is 10.4 Å². The molecule has 1 saturated carbocycles. The average Bonchev–Trinajstić information content (AvgIpc) is 2.85. The summed E-state index contributed by atoms with van der Waals surface area (Å²) in [7, 11) is 0. The maximum atomic E-state index is 8.87. The summed E-state index contributed by atoms with van der Waals surface area (Å²) < 4.78 is 0. The molecule has 0 radical (unpaired) electrons. The number of rotatable bonds is 6. The van der Waals surface area contributed by atoms with E-state index in [0.717, 1.165) is 25.3 Å². The van der Waals surface area contributed by atoms with Gasteiger partial charge in [-0.15, -0.1) is 0 Å². The molecule has 1 atom stereocenters. The van der Waals surface area contributed by atoms with Gasteiger partial charge in [0.05, 0.1) is 0 Å². The second kappa shape index (κ2) is 4.24. The minimum Gasteiger partial charge on any atom is -0.396 e. The molecule has 2 N–H and O–H groups in total. The fourth-order valence-corrected chi connectivity index (χ4v) is 1.35. The van der Waals surface area contributed by atoms with Crippen LogP contribution >= 0.6 is 0 Å². The zero-order valence-corrected chi connectivity index (χ0v) is 8.27. The lowest BCUT2D eigenvalue weighted by molar-refractivity contribution is 0.214. The first-order chi connectivity index (χ1) is 5.70. The number of aliphatic hydroxyl groups is 1. The normalized spacial score (nSPS) is 22.2. The van der Waals surface area contributed by atoms with Gasteiger partial charge in [0.2, 0.25) is 0 Å². The third-order valence-corrected chi connectivity index (χ3v) is 2.96. The molecule has 0 spiro atoms. The number of aliphatic hydroxyl groups excluding tert-OH is 1. The predicted octanol–water partition coefficient (Wildman–Crippen LogP) is 1.54. The summed E-state index contributed by atoms with van der Waals surface area (Å²) in [5.74, 6) is 0.926. The summed E-state index contributed by atoms with van der Waals surface area (Å²) in [5.41, 5.74) is 0.164. The lowest BCUT2D eigenvalue weighted by atomic mass is 9.95. The SMILES string of the molecule is CCC(C)(CCO)NCC1CC1. The van der Waals surface area contributed by atoms with E-state index in [0.29, 0.717) is 6.61 Å². The fourth-order valence-electron chi connectivity index (χ4n) is 1.35. The Morgan fingerprint density at radius 2 is 2.17 bits per heavy atom. The molecule has 0 aliphatic heterocycles. The van der Waals surface area contributed by atoms with Crippen LogP contribution < -0.4 is 5.32 Å². The van der Waals surface area contributed by atoms with Crippen LogP contribution in [0.2, 0.25) is 0 Å². The average molecular weight is 171 g/mol. The minimum atomic E-state index is 0.164. The van der Waals surface area contributed by atoms with E-state index in [9.17, 15) is 0 Å². The lowest BCUT2D eigenvalue weighted by Gasteiger charge is -2.29. The number of hydrogen-bond donors (Lipinski definition) is 2. The first-order valence-corrected chi connectivity index (χ1v) is 5.06. The molecule has 0 aromatic rings. The van der Waals surface area contributed by atoms with Crippen molar-refractivity contribution in [3.05, 3.63) is 0 Å². The van der Waals surface area contributed by atoms with Crippen LogP contribution in [0.25, 0.3) is 0 Å². The van der Waals surface area contributed by atoms with Gasteiger partial charge in [0, 0.05) is 12.1 Å². The van der Waals surface area contributed by atoms with Gasteiger partial charge in [-0.1, -0.05) is 6.92 Å². The van der Waals surface area contributed by atoms with E-state index in [1.54, 1.807) is 0 Å². The molecule has 2 nitrogen and oxygen atoms in total. The van der Waals surface area contributed by atoms with Crippen LogP contribution in [0, 0.1) is 5.92 Å². The van der Waals surface area contributed by atoms with Crippen LogP contribution in [0.1, 0.15) is 39.5 Å². The Kier molecular flexibility index (Phi) is 3.53. The highest BCUT2D eigenvalue weighted by Gasteiger charge is 2.26. The third kappa shape index (κ3) is 3.11. The van der Waals surface area contributed by atoms with E-state index in [-0.39, 0.29) is 5.54 Å². The third-order valence-electron chi connectivity index (χ3n) is 2.96. The van der Waals surface area contributed by atoms with Crippen LogP contribution in [0.5, 0.6) is 0 Å². The van der Waals surface area contributed by atoms with Crippen LogP contribution in [0.4, 0.5) is 0 Å². The molecule has 1 unspecified atom stereocenters. The van der Waals surface area contributed by atoms with Gasteiger partial charge in [-0.2, -0.15) is 0 Å². The molecule has 2 heteroatoms. The van der Waals surface area contributed by atoms with E-state index in [1.807, 2.05) is 0 Å². The van der Waals surface area contributed by atoms with Crippen LogP contribution in [0.3, 0.4) is 0 Å².